The van der Waals surface area contributed by atoms with Crippen LogP contribution in [0.15, 0.2) is 158 Å². The zero-order valence-electron chi connectivity index (χ0n) is 31.0. The lowest BCUT2D eigenvalue weighted by molar-refractivity contribution is 0.473. The number of anilines is 6. The maximum absolute atomic E-state index is 2.46. The van der Waals surface area contributed by atoms with E-state index in [0.29, 0.717) is 0 Å². The molecule has 0 atom stereocenters. The predicted molar refractivity (Wildman–Crippen MR) is 222 cm³/mol. The summed E-state index contributed by atoms with van der Waals surface area (Å²) in [5.41, 5.74) is 9.89. The Bertz CT molecular complexity index is 2170. The number of hydrogen-bond donors (Lipinski definition) is 0. The Morgan fingerprint density at radius 1 is 0.373 bits per heavy atom. The molecule has 7 aromatic rings. The SMILES string of the molecule is CCCC(C)(C)c1ccc(N(c2ccccc2)c2c3ccccc3c(N(c3ccccc3)c3ccc(C(C)(C)CC)cc3)c3ccccc23)cc1. The summed E-state index contributed by atoms with van der Waals surface area (Å²) in [6.45, 7) is 13.9. The first kappa shape index (κ1) is 34.1. The zero-order valence-corrected chi connectivity index (χ0v) is 31.0. The number of hydrogen-bond acceptors (Lipinski definition) is 2. The van der Waals surface area contributed by atoms with Crippen LogP contribution in [0.1, 0.15) is 71.9 Å². The van der Waals surface area contributed by atoms with Gasteiger partial charge in [-0.25, -0.2) is 0 Å². The molecule has 256 valence electrons. The van der Waals surface area contributed by atoms with Crippen LogP contribution in [0.5, 0.6) is 0 Å². The van der Waals surface area contributed by atoms with Crippen molar-refractivity contribution in [1.82, 2.24) is 0 Å². The predicted octanol–water partition coefficient (Wildman–Crippen LogP) is 14.7. The lowest BCUT2D eigenvalue weighted by atomic mass is 9.81. The van der Waals surface area contributed by atoms with Gasteiger partial charge in [0.05, 0.1) is 11.4 Å². The van der Waals surface area contributed by atoms with E-state index in [2.05, 4.69) is 209 Å². The van der Waals surface area contributed by atoms with E-state index in [1.807, 2.05) is 0 Å². The van der Waals surface area contributed by atoms with Crippen LogP contribution in [0.3, 0.4) is 0 Å². The van der Waals surface area contributed by atoms with E-state index in [-0.39, 0.29) is 10.8 Å². The van der Waals surface area contributed by atoms with Crippen LogP contribution in [-0.4, -0.2) is 0 Å². The fourth-order valence-corrected chi connectivity index (χ4v) is 7.63. The second kappa shape index (κ2) is 14.1. The standard InChI is InChI=1S/C49H50N2/c1-7-35-49(5,6)37-29-33-41(34-30-37)51(39-21-13-10-14-22-39)47-44-25-17-15-23-42(44)46(43-24-16-18-26-45(43)47)50(38-19-11-9-12-20-38)40-31-27-36(28-32-40)48(3,4)8-2/h9-34H,7-8,35H2,1-6H3. The van der Waals surface area contributed by atoms with Gasteiger partial charge in [0.15, 0.2) is 0 Å². The molecular formula is C49H50N2. The molecule has 0 bridgehead atoms. The first-order chi connectivity index (χ1) is 24.7. The highest BCUT2D eigenvalue weighted by Crippen LogP contribution is 2.51. The van der Waals surface area contributed by atoms with Crippen molar-refractivity contribution in [2.75, 3.05) is 9.80 Å². The highest BCUT2D eigenvalue weighted by atomic mass is 15.2. The molecular weight excluding hydrogens is 617 g/mol. The van der Waals surface area contributed by atoms with E-state index in [0.717, 1.165) is 42.0 Å². The number of benzene rings is 7. The third-order valence-electron chi connectivity index (χ3n) is 10.9. The van der Waals surface area contributed by atoms with Crippen LogP contribution in [0.2, 0.25) is 0 Å². The van der Waals surface area contributed by atoms with Crippen LogP contribution >= 0.6 is 0 Å². The Morgan fingerprint density at radius 2 is 0.686 bits per heavy atom. The van der Waals surface area contributed by atoms with E-state index in [1.165, 1.54) is 44.0 Å². The van der Waals surface area contributed by atoms with Crippen LogP contribution in [0, 0.1) is 0 Å². The number of para-hydroxylation sites is 2. The van der Waals surface area contributed by atoms with Crippen LogP contribution in [0.4, 0.5) is 34.1 Å². The summed E-state index contributed by atoms with van der Waals surface area (Å²) < 4.78 is 0. The third-order valence-corrected chi connectivity index (χ3v) is 10.9. The van der Waals surface area contributed by atoms with Gasteiger partial charge in [-0.2, -0.15) is 0 Å². The van der Waals surface area contributed by atoms with E-state index in [1.54, 1.807) is 0 Å². The number of rotatable bonds is 11. The minimum absolute atomic E-state index is 0.113. The maximum Gasteiger partial charge on any atom is 0.0619 e. The summed E-state index contributed by atoms with van der Waals surface area (Å²) in [6.07, 6.45) is 3.40. The third kappa shape index (κ3) is 6.52. The molecule has 2 heteroatoms. The molecule has 0 heterocycles. The molecule has 51 heavy (non-hydrogen) atoms. The second-order valence-corrected chi connectivity index (χ2v) is 15.1. The Morgan fingerprint density at radius 3 is 1.02 bits per heavy atom. The van der Waals surface area contributed by atoms with Crippen molar-refractivity contribution in [3.63, 3.8) is 0 Å². The Hall–Kier alpha value is -5.34. The molecule has 0 unspecified atom stereocenters. The average molecular weight is 667 g/mol. The molecule has 0 aliphatic heterocycles. The summed E-state index contributed by atoms with van der Waals surface area (Å²) in [5, 5.41) is 4.81. The fourth-order valence-electron chi connectivity index (χ4n) is 7.63. The average Bonchev–Trinajstić information content (AvgIpc) is 3.17. The minimum Gasteiger partial charge on any atom is -0.309 e. The van der Waals surface area contributed by atoms with Gasteiger partial charge in [0, 0.05) is 44.3 Å². The van der Waals surface area contributed by atoms with E-state index < -0.39 is 0 Å². The summed E-state index contributed by atoms with van der Waals surface area (Å²) >= 11 is 0. The smallest absolute Gasteiger partial charge is 0.0619 e. The van der Waals surface area contributed by atoms with Crippen molar-refractivity contribution >= 4 is 55.7 Å². The summed E-state index contributed by atoms with van der Waals surface area (Å²) in [4.78, 5) is 4.91. The molecule has 0 radical (unpaired) electrons. The van der Waals surface area contributed by atoms with Crippen molar-refractivity contribution in [3.8, 4) is 0 Å². The molecule has 0 aliphatic rings. The first-order valence-electron chi connectivity index (χ1n) is 18.6. The van der Waals surface area contributed by atoms with E-state index in [9.17, 15) is 0 Å². The van der Waals surface area contributed by atoms with Gasteiger partial charge >= 0.3 is 0 Å². The molecule has 7 rings (SSSR count). The second-order valence-electron chi connectivity index (χ2n) is 15.1. The molecule has 0 amide bonds. The molecule has 0 saturated heterocycles. The van der Waals surface area contributed by atoms with Gasteiger partial charge in [0.1, 0.15) is 0 Å². The van der Waals surface area contributed by atoms with E-state index >= 15 is 0 Å². The van der Waals surface area contributed by atoms with Crippen LogP contribution in [-0.2, 0) is 10.8 Å². The van der Waals surface area contributed by atoms with Crippen molar-refractivity contribution in [3.05, 3.63) is 169 Å². The minimum atomic E-state index is 0.113. The van der Waals surface area contributed by atoms with Crippen LogP contribution in [0.25, 0.3) is 21.5 Å². The first-order valence-corrected chi connectivity index (χ1v) is 18.6. The Kier molecular flexibility index (Phi) is 9.44. The van der Waals surface area contributed by atoms with Crippen molar-refractivity contribution in [2.45, 2.75) is 71.6 Å². The van der Waals surface area contributed by atoms with Gasteiger partial charge in [-0.15, -0.1) is 0 Å². The van der Waals surface area contributed by atoms with Gasteiger partial charge < -0.3 is 9.80 Å². The Labute approximate surface area is 305 Å². The highest BCUT2D eigenvalue weighted by molar-refractivity contribution is 6.23. The van der Waals surface area contributed by atoms with Gasteiger partial charge in [-0.3, -0.25) is 0 Å². The zero-order chi connectivity index (χ0) is 35.6. The molecule has 7 aromatic carbocycles. The molecule has 0 N–H and O–H groups in total. The van der Waals surface area contributed by atoms with E-state index in [4.69, 9.17) is 0 Å². The number of fused-ring (bicyclic) bond motifs is 2. The van der Waals surface area contributed by atoms with Crippen LogP contribution < -0.4 is 9.80 Å². The Balaban J connectivity index is 1.51. The van der Waals surface area contributed by atoms with Gasteiger partial charge in [0.2, 0.25) is 0 Å². The monoisotopic (exact) mass is 666 g/mol. The summed E-state index contributed by atoms with van der Waals surface area (Å²) in [6, 6.07) is 58.1. The fraction of sp³-hybridized carbons (Fsp3) is 0.224. The topological polar surface area (TPSA) is 6.48 Å². The molecule has 0 saturated carbocycles. The highest BCUT2D eigenvalue weighted by Gasteiger charge is 2.26. The van der Waals surface area contributed by atoms with Crippen molar-refractivity contribution in [1.29, 1.82) is 0 Å². The lowest BCUT2D eigenvalue weighted by Crippen LogP contribution is -2.17. The summed E-state index contributed by atoms with van der Waals surface area (Å²) in [7, 11) is 0. The van der Waals surface area contributed by atoms with Gasteiger partial charge in [-0.05, 0) is 83.3 Å². The summed E-state index contributed by atoms with van der Waals surface area (Å²) in [5.74, 6) is 0. The lowest BCUT2D eigenvalue weighted by Gasteiger charge is -2.33. The molecule has 0 aliphatic carbocycles. The van der Waals surface area contributed by atoms with Gasteiger partial charge in [0.25, 0.3) is 0 Å². The van der Waals surface area contributed by atoms with Crippen molar-refractivity contribution < 1.29 is 0 Å². The molecule has 0 fully saturated rings. The number of nitrogens with zero attached hydrogens (tertiary/aromatic N) is 2. The molecule has 0 spiro atoms. The maximum atomic E-state index is 2.46. The molecule has 2 nitrogen and oxygen atoms in total. The quantitative estimate of drug-likeness (QED) is 0.100. The molecule has 0 aromatic heterocycles. The largest absolute Gasteiger partial charge is 0.309 e. The van der Waals surface area contributed by atoms with Gasteiger partial charge in [-0.1, -0.05) is 157 Å². The normalized spacial score (nSPS) is 12.0. The van der Waals surface area contributed by atoms with Crippen molar-refractivity contribution in [2.24, 2.45) is 0 Å².